The average molecular weight is 310 g/mol. The van der Waals surface area contributed by atoms with Crippen molar-refractivity contribution in [2.75, 3.05) is 0 Å². The van der Waals surface area contributed by atoms with E-state index in [0.29, 0.717) is 12.8 Å². The Morgan fingerprint density at radius 1 is 1.39 bits per heavy atom. The van der Waals surface area contributed by atoms with Gasteiger partial charge in [-0.3, -0.25) is 4.79 Å². The molecule has 5 heteroatoms. The minimum Gasteiger partial charge on any atom is -0.480 e. The molecule has 1 aromatic carbocycles. The van der Waals surface area contributed by atoms with Crippen molar-refractivity contribution in [1.29, 1.82) is 0 Å². The lowest BCUT2D eigenvalue weighted by molar-refractivity contribution is -0.150. The van der Waals surface area contributed by atoms with Gasteiger partial charge in [-0.15, -0.1) is 0 Å². The van der Waals surface area contributed by atoms with E-state index in [9.17, 15) is 9.59 Å². The minimum atomic E-state index is -0.899. The van der Waals surface area contributed by atoms with E-state index in [-0.39, 0.29) is 11.9 Å². The van der Waals surface area contributed by atoms with E-state index in [2.05, 4.69) is 15.9 Å². The molecule has 18 heavy (non-hydrogen) atoms. The van der Waals surface area contributed by atoms with E-state index in [4.69, 9.17) is 5.11 Å². The topological polar surface area (TPSA) is 57.6 Å². The molecule has 1 N–H and O–H groups in total. The molecule has 0 radical (unpaired) electrons. The normalized spacial score (nSPS) is 25.8. The summed E-state index contributed by atoms with van der Waals surface area (Å²) in [5.41, 5.74) is 2.11. The number of carbonyl (C=O) groups excluding carboxylic acids is 1. The summed E-state index contributed by atoms with van der Waals surface area (Å²) in [6.45, 7) is 0. The number of carbonyl (C=O) groups is 2. The van der Waals surface area contributed by atoms with Crippen molar-refractivity contribution < 1.29 is 14.7 Å². The SMILES string of the molecule is O=C(O)[C@@H]1CCC2c3cc(Br)ccc3CC(=O)N21. The van der Waals surface area contributed by atoms with Crippen molar-refractivity contribution in [3.05, 3.63) is 33.8 Å². The number of benzene rings is 1. The summed E-state index contributed by atoms with van der Waals surface area (Å²) in [4.78, 5) is 24.8. The van der Waals surface area contributed by atoms with Crippen molar-refractivity contribution in [1.82, 2.24) is 4.90 Å². The van der Waals surface area contributed by atoms with Crippen LogP contribution in [0, 0.1) is 0 Å². The van der Waals surface area contributed by atoms with Gasteiger partial charge in [-0.05, 0) is 36.1 Å². The van der Waals surface area contributed by atoms with E-state index in [1.165, 1.54) is 0 Å². The predicted octanol–water partition coefficient (Wildman–Crippen LogP) is 2.12. The summed E-state index contributed by atoms with van der Waals surface area (Å²) in [6, 6.07) is 5.15. The Hall–Kier alpha value is -1.36. The number of rotatable bonds is 1. The number of carboxylic acids is 1. The van der Waals surface area contributed by atoms with Crippen LogP contribution in [0.4, 0.5) is 0 Å². The second-order valence-electron chi connectivity index (χ2n) is 4.77. The Bertz CT molecular complexity index is 543. The van der Waals surface area contributed by atoms with Crippen molar-refractivity contribution >= 4 is 27.8 Å². The van der Waals surface area contributed by atoms with Gasteiger partial charge < -0.3 is 10.0 Å². The number of fused-ring (bicyclic) bond motifs is 3. The summed E-state index contributed by atoms with van der Waals surface area (Å²) >= 11 is 3.43. The molecule has 0 spiro atoms. The van der Waals surface area contributed by atoms with Gasteiger partial charge in [0.1, 0.15) is 6.04 Å². The standard InChI is InChI=1S/C13H12BrNO3/c14-8-2-1-7-5-12(16)15-10(9(7)6-8)3-4-11(15)13(17)18/h1-2,6,10-11H,3-5H2,(H,17,18)/t10?,11-/m0/s1. The number of carboxylic acid groups (broad SMARTS) is 1. The largest absolute Gasteiger partial charge is 0.480 e. The van der Waals surface area contributed by atoms with Crippen LogP contribution >= 0.6 is 15.9 Å². The highest BCUT2D eigenvalue weighted by atomic mass is 79.9. The lowest BCUT2D eigenvalue weighted by Crippen LogP contribution is -2.45. The van der Waals surface area contributed by atoms with Gasteiger partial charge in [-0.2, -0.15) is 0 Å². The molecule has 2 aliphatic rings. The third-order valence-corrected chi connectivity index (χ3v) is 4.26. The minimum absolute atomic E-state index is 0.0696. The lowest BCUT2D eigenvalue weighted by atomic mass is 9.92. The number of nitrogens with zero attached hydrogens (tertiary/aromatic N) is 1. The molecule has 0 saturated carbocycles. The Labute approximate surface area is 113 Å². The molecule has 1 saturated heterocycles. The van der Waals surface area contributed by atoms with E-state index < -0.39 is 12.0 Å². The first-order valence-corrected chi connectivity index (χ1v) is 6.69. The second-order valence-corrected chi connectivity index (χ2v) is 5.68. The maximum atomic E-state index is 12.1. The molecule has 1 unspecified atom stereocenters. The number of hydrogen-bond acceptors (Lipinski definition) is 2. The van der Waals surface area contributed by atoms with Crippen molar-refractivity contribution in [2.45, 2.75) is 31.3 Å². The Kier molecular flexibility index (Phi) is 2.66. The third-order valence-electron chi connectivity index (χ3n) is 3.77. The van der Waals surface area contributed by atoms with Crippen LogP contribution in [-0.4, -0.2) is 27.9 Å². The van der Waals surface area contributed by atoms with Crippen molar-refractivity contribution in [3.63, 3.8) is 0 Å². The fourth-order valence-corrected chi connectivity index (χ4v) is 3.38. The van der Waals surface area contributed by atoms with Crippen LogP contribution in [0.5, 0.6) is 0 Å². The highest BCUT2D eigenvalue weighted by Crippen LogP contribution is 2.42. The van der Waals surface area contributed by atoms with E-state index >= 15 is 0 Å². The van der Waals surface area contributed by atoms with Crippen LogP contribution in [0.3, 0.4) is 0 Å². The zero-order chi connectivity index (χ0) is 12.9. The quantitative estimate of drug-likeness (QED) is 0.864. The zero-order valence-electron chi connectivity index (χ0n) is 9.60. The summed E-state index contributed by atoms with van der Waals surface area (Å²) in [6.07, 6.45) is 1.58. The number of amides is 1. The molecular formula is C13H12BrNO3. The second kappa shape index (κ2) is 4.09. The van der Waals surface area contributed by atoms with E-state index in [1.807, 2.05) is 18.2 Å². The number of aliphatic carboxylic acids is 1. The first-order valence-electron chi connectivity index (χ1n) is 5.90. The summed E-state index contributed by atoms with van der Waals surface area (Å²) in [7, 11) is 0. The molecule has 3 rings (SSSR count). The van der Waals surface area contributed by atoms with Gasteiger partial charge in [0, 0.05) is 4.47 Å². The predicted molar refractivity (Wildman–Crippen MR) is 68.1 cm³/mol. The highest BCUT2D eigenvalue weighted by Gasteiger charge is 2.44. The maximum absolute atomic E-state index is 12.1. The fraction of sp³-hybridized carbons (Fsp3) is 0.385. The van der Waals surface area contributed by atoms with Gasteiger partial charge in [-0.25, -0.2) is 4.79 Å². The summed E-state index contributed by atoms with van der Waals surface area (Å²) in [5.74, 6) is -0.969. The highest BCUT2D eigenvalue weighted by molar-refractivity contribution is 9.10. The molecular weight excluding hydrogens is 298 g/mol. The van der Waals surface area contributed by atoms with E-state index in [1.54, 1.807) is 4.90 Å². The van der Waals surface area contributed by atoms with Gasteiger partial charge in [0.05, 0.1) is 12.5 Å². The zero-order valence-corrected chi connectivity index (χ0v) is 11.2. The molecule has 2 aliphatic heterocycles. The van der Waals surface area contributed by atoms with Gasteiger partial charge >= 0.3 is 5.97 Å². The van der Waals surface area contributed by atoms with Gasteiger partial charge in [0.15, 0.2) is 0 Å². The van der Waals surface area contributed by atoms with Crippen LogP contribution in [0.2, 0.25) is 0 Å². The molecule has 1 amide bonds. The first kappa shape index (κ1) is 11.7. The third kappa shape index (κ3) is 1.65. The van der Waals surface area contributed by atoms with Gasteiger partial charge in [-0.1, -0.05) is 22.0 Å². The molecule has 4 nitrogen and oxygen atoms in total. The number of halogens is 1. The molecule has 2 heterocycles. The van der Waals surface area contributed by atoms with Crippen LogP contribution < -0.4 is 0 Å². The lowest BCUT2D eigenvalue weighted by Gasteiger charge is -2.34. The maximum Gasteiger partial charge on any atom is 0.326 e. The fourth-order valence-electron chi connectivity index (χ4n) is 3.00. The van der Waals surface area contributed by atoms with Crippen LogP contribution in [0.15, 0.2) is 22.7 Å². The monoisotopic (exact) mass is 309 g/mol. The van der Waals surface area contributed by atoms with Gasteiger partial charge in [0.25, 0.3) is 0 Å². The molecule has 1 fully saturated rings. The average Bonchev–Trinajstić information content (AvgIpc) is 2.76. The van der Waals surface area contributed by atoms with Gasteiger partial charge in [0.2, 0.25) is 5.91 Å². The van der Waals surface area contributed by atoms with Crippen LogP contribution in [-0.2, 0) is 16.0 Å². The molecule has 0 aromatic heterocycles. The molecule has 0 aliphatic carbocycles. The smallest absolute Gasteiger partial charge is 0.326 e. The summed E-state index contributed by atoms with van der Waals surface area (Å²) in [5, 5.41) is 9.17. The molecule has 94 valence electrons. The van der Waals surface area contributed by atoms with Crippen LogP contribution in [0.25, 0.3) is 0 Å². The first-order chi connectivity index (χ1) is 8.58. The number of hydrogen-bond donors (Lipinski definition) is 1. The Balaban J connectivity index is 2.06. The Morgan fingerprint density at radius 2 is 2.17 bits per heavy atom. The molecule has 0 bridgehead atoms. The molecule has 1 aromatic rings. The Morgan fingerprint density at radius 3 is 2.89 bits per heavy atom. The molecule has 2 atom stereocenters. The summed E-state index contributed by atoms with van der Waals surface area (Å²) < 4.78 is 0.967. The van der Waals surface area contributed by atoms with E-state index in [0.717, 1.165) is 22.0 Å². The van der Waals surface area contributed by atoms with Crippen molar-refractivity contribution in [3.8, 4) is 0 Å². The van der Waals surface area contributed by atoms with Crippen molar-refractivity contribution in [2.24, 2.45) is 0 Å². The van der Waals surface area contributed by atoms with Crippen LogP contribution in [0.1, 0.15) is 30.0 Å².